The number of hydrogen-bond donors (Lipinski definition) is 4. The van der Waals surface area contributed by atoms with Gasteiger partial charge in [0.2, 0.25) is 0 Å². The summed E-state index contributed by atoms with van der Waals surface area (Å²) in [4.78, 5) is 12.2. The molecular weight excluding hydrogens is 364 g/mol. The standard InChI is InChI=1S/C23H30N4O2/c1-7-18-9-8-10-19(22(18)29-6)27-20(17(4)23(28)24-5)13-16(3)26-21-12-11-15(2)14-25-21/h8-14,21,25-27H,3-4,7H2,1-2,5-6H3,(H,24,28)/b20-13+. The lowest BCUT2D eigenvalue weighted by Crippen LogP contribution is -2.38. The van der Waals surface area contributed by atoms with Crippen LogP contribution in [0.5, 0.6) is 5.75 Å². The minimum atomic E-state index is -0.281. The van der Waals surface area contributed by atoms with Crippen LogP contribution in [0.4, 0.5) is 5.69 Å². The molecule has 1 heterocycles. The largest absolute Gasteiger partial charge is 0.494 e. The summed E-state index contributed by atoms with van der Waals surface area (Å²) in [6.45, 7) is 12.1. The van der Waals surface area contributed by atoms with Gasteiger partial charge in [0.1, 0.15) is 11.9 Å². The molecule has 1 atom stereocenters. The quantitative estimate of drug-likeness (QED) is 0.382. The normalized spacial score (nSPS) is 15.7. The van der Waals surface area contributed by atoms with Crippen LogP contribution < -0.4 is 26.0 Å². The number of anilines is 1. The fourth-order valence-electron chi connectivity index (χ4n) is 2.90. The molecule has 1 aliphatic rings. The lowest BCUT2D eigenvalue weighted by atomic mass is 10.1. The Balaban J connectivity index is 2.29. The van der Waals surface area contributed by atoms with Crippen molar-refractivity contribution in [1.29, 1.82) is 0 Å². The van der Waals surface area contributed by atoms with E-state index in [4.69, 9.17) is 4.74 Å². The number of amides is 1. The van der Waals surface area contributed by atoms with Crippen molar-refractivity contribution in [2.45, 2.75) is 26.4 Å². The molecule has 1 amide bonds. The molecule has 1 aromatic carbocycles. The van der Waals surface area contributed by atoms with Gasteiger partial charge in [0, 0.05) is 18.9 Å². The van der Waals surface area contributed by atoms with Crippen LogP contribution in [0.2, 0.25) is 0 Å². The van der Waals surface area contributed by atoms with E-state index in [0.717, 1.165) is 29.0 Å². The third-order valence-electron chi connectivity index (χ3n) is 4.48. The van der Waals surface area contributed by atoms with E-state index in [0.29, 0.717) is 17.0 Å². The van der Waals surface area contributed by atoms with Crippen molar-refractivity contribution in [2.24, 2.45) is 0 Å². The van der Waals surface area contributed by atoms with E-state index in [9.17, 15) is 4.79 Å². The summed E-state index contributed by atoms with van der Waals surface area (Å²) in [6.07, 6.45) is 8.46. The van der Waals surface area contributed by atoms with Gasteiger partial charge in [-0.05, 0) is 42.7 Å². The van der Waals surface area contributed by atoms with Gasteiger partial charge >= 0.3 is 0 Å². The smallest absolute Gasteiger partial charge is 0.252 e. The van der Waals surface area contributed by atoms with Crippen molar-refractivity contribution in [2.75, 3.05) is 19.5 Å². The first-order valence-electron chi connectivity index (χ1n) is 9.52. The Hall–Kier alpha value is -3.41. The molecule has 2 rings (SSSR count). The van der Waals surface area contributed by atoms with E-state index in [2.05, 4.69) is 41.3 Å². The predicted molar refractivity (Wildman–Crippen MR) is 119 cm³/mol. The monoisotopic (exact) mass is 394 g/mol. The van der Waals surface area contributed by atoms with Gasteiger partial charge in [-0.2, -0.15) is 0 Å². The van der Waals surface area contributed by atoms with Crippen molar-refractivity contribution in [3.8, 4) is 5.75 Å². The summed E-state index contributed by atoms with van der Waals surface area (Å²) >= 11 is 0. The third-order valence-corrected chi connectivity index (χ3v) is 4.48. The van der Waals surface area contributed by atoms with Gasteiger partial charge in [-0.1, -0.05) is 38.3 Å². The lowest BCUT2D eigenvalue weighted by Gasteiger charge is -2.22. The molecular formula is C23H30N4O2. The van der Waals surface area contributed by atoms with Crippen LogP contribution in [-0.2, 0) is 11.2 Å². The number of nitrogens with one attached hydrogen (secondary N) is 4. The molecule has 0 saturated carbocycles. The molecule has 154 valence electrons. The molecule has 4 N–H and O–H groups in total. The molecule has 0 fully saturated rings. The predicted octanol–water partition coefficient (Wildman–Crippen LogP) is 3.35. The molecule has 1 aromatic rings. The van der Waals surface area contributed by atoms with Crippen LogP contribution >= 0.6 is 0 Å². The second-order valence-corrected chi connectivity index (χ2v) is 6.65. The summed E-state index contributed by atoms with van der Waals surface area (Å²) in [5.74, 6) is 0.457. The number of aryl methyl sites for hydroxylation is 1. The zero-order chi connectivity index (χ0) is 21.4. The van der Waals surface area contributed by atoms with E-state index in [1.165, 1.54) is 0 Å². The second kappa shape index (κ2) is 10.2. The van der Waals surface area contributed by atoms with Crippen molar-refractivity contribution in [1.82, 2.24) is 16.0 Å². The fourth-order valence-corrected chi connectivity index (χ4v) is 2.90. The van der Waals surface area contributed by atoms with E-state index in [-0.39, 0.29) is 12.1 Å². The number of ether oxygens (including phenoxy) is 1. The highest BCUT2D eigenvalue weighted by atomic mass is 16.5. The summed E-state index contributed by atoms with van der Waals surface area (Å²) in [6, 6.07) is 5.86. The molecule has 1 unspecified atom stereocenters. The van der Waals surface area contributed by atoms with Gasteiger partial charge < -0.3 is 26.0 Å². The molecule has 0 aromatic heterocycles. The number of carbonyl (C=O) groups excluding carboxylic acids is 1. The molecule has 6 heteroatoms. The molecule has 0 saturated heterocycles. The van der Waals surface area contributed by atoms with E-state index in [1.54, 1.807) is 20.2 Å². The van der Waals surface area contributed by atoms with Crippen molar-refractivity contribution in [3.63, 3.8) is 0 Å². The summed E-state index contributed by atoms with van der Waals surface area (Å²) in [5, 5.41) is 12.4. The highest BCUT2D eigenvalue weighted by Gasteiger charge is 2.15. The molecule has 29 heavy (non-hydrogen) atoms. The Kier molecular flexibility index (Phi) is 7.71. The SMILES string of the molecule is C=C(/C=C(/Nc1cccc(CC)c1OC)C(=C)C(=O)NC)NC1C=CC(C)=CN1. The number of hydrogen-bond acceptors (Lipinski definition) is 5. The van der Waals surface area contributed by atoms with E-state index < -0.39 is 0 Å². The van der Waals surface area contributed by atoms with Gasteiger partial charge in [0.25, 0.3) is 5.91 Å². The molecule has 0 radical (unpaired) electrons. The number of para-hydroxylation sites is 1. The minimum absolute atomic E-state index is 0.0880. The van der Waals surface area contributed by atoms with Crippen LogP contribution in [0.3, 0.4) is 0 Å². The highest BCUT2D eigenvalue weighted by molar-refractivity contribution is 5.98. The van der Waals surface area contributed by atoms with Crippen LogP contribution in [0.25, 0.3) is 0 Å². The van der Waals surface area contributed by atoms with Crippen LogP contribution in [0.1, 0.15) is 19.4 Å². The van der Waals surface area contributed by atoms with Crippen LogP contribution in [0, 0.1) is 0 Å². The fraction of sp³-hybridized carbons (Fsp3) is 0.261. The number of allylic oxidation sites excluding steroid dienone is 3. The first-order chi connectivity index (χ1) is 13.9. The number of rotatable bonds is 9. The molecule has 0 spiro atoms. The maximum Gasteiger partial charge on any atom is 0.252 e. The molecule has 0 bridgehead atoms. The molecule has 0 aliphatic carbocycles. The van der Waals surface area contributed by atoms with Gasteiger partial charge in [-0.3, -0.25) is 4.79 Å². The maximum absolute atomic E-state index is 12.2. The van der Waals surface area contributed by atoms with Gasteiger partial charge in [-0.25, -0.2) is 0 Å². The second-order valence-electron chi connectivity index (χ2n) is 6.65. The zero-order valence-corrected chi connectivity index (χ0v) is 17.6. The van der Waals surface area contributed by atoms with Crippen LogP contribution in [-0.4, -0.2) is 26.2 Å². The Bertz CT molecular complexity index is 881. The lowest BCUT2D eigenvalue weighted by molar-refractivity contribution is -0.116. The van der Waals surface area contributed by atoms with Gasteiger partial charge in [0.05, 0.1) is 24.1 Å². The number of carbonyl (C=O) groups is 1. The summed E-state index contributed by atoms with van der Waals surface area (Å²) in [5.41, 5.74) is 4.41. The zero-order valence-electron chi connectivity index (χ0n) is 17.6. The Morgan fingerprint density at radius 3 is 2.69 bits per heavy atom. The minimum Gasteiger partial charge on any atom is -0.494 e. The van der Waals surface area contributed by atoms with Crippen molar-refractivity contribution >= 4 is 11.6 Å². The third kappa shape index (κ3) is 5.78. The van der Waals surface area contributed by atoms with Gasteiger partial charge in [-0.15, -0.1) is 0 Å². The van der Waals surface area contributed by atoms with Crippen molar-refractivity contribution in [3.05, 3.63) is 83.9 Å². The number of dihydropyridines is 1. The van der Waals surface area contributed by atoms with E-state index >= 15 is 0 Å². The average Bonchev–Trinajstić information content (AvgIpc) is 2.73. The molecule has 1 aliphatic heterocycles. The summed E-state index contributed by atoms with van der Waals surface area (Å²) < 4.78 is 5.59. The van der Waals surface area contributed by atoms with Gasteiger partial charge in [0.15, 0.2) is 0 Å². The Labute approximate surface area is 173 Å². The Morgan fingerprint density at radius 1 is 1.34 bits per heavy atom. The topological polar surface area (TPSA) is 74.4 Å². The average molecular weight is 395 g/mol. The number of likely N-dealkylation sites (N-methyl/N-ethyl adjacent to an activating group) is 1. The maximum atomic E-state index is 12.2. The number of benzene rings is 1. The first kappa shape index (κ1) is 21.9. The Morgan fingerprint density at radius 2 is 2.10 bits per heavy atom. The number of methoxy groups -OCH3 is 1. The van der Waals surface area contributed by atoms with Crippen LogP contribution in [0.15, 0.2) is 78.3 Å². The highest BCUT2D eigenvalue weighted by Crippen LogP contribution is 2.31. The van der Waals surface area contributed by atoms with E-state index in [1.807, 2.05) is 43.5 Å². The van der Waals surface area contributed by atoms with Crippen molar-refractivity contribution < 1.29 is 9.53 Å². The first-order valence-corrected chi connectivity index (χ1v) is 9.52. The molecule has 6 nitrogen and oxygen atoms in total. The summed E-state index contributed by atoms with van der Waals surface area (Å²) in [7, 11) is 3.20.